The van der Waals surface area contributed by atoms with Gasteiger partial charge in [0.2, 0.25) is 0 Å². The van der Waals surface area contributed by atoms with Crippen molar-refractivity contribution >= 4 is 17.9 Å². The Hall–Kier alpha value is -3.66. The monoisotopic (exact) mass is 445 g/mol. The first-order valence-electron chi connectivity index (χ1n) is 11.1. The van der Waals surface area contributed by atoms with Gasteiger partial charge in [-0.3, -0.25) is 9.69 Å². The number of imide groups is 1. The van der Waals surface area contributed by atoms with Crippen molar-refractivity contribution in [3.05, 3.63) is 54.1 Å². The van der Waals surface area contributed by atoms with Crippen LogP contribution in [0.1, 0.15) is 45.6 Å². The first-order chi connectivity index (χ1) is 15.6. The minimum atomic E-state index is -0.943. The second kappa shape index (κ2) is 8.36. The topological polar surface area (TPSA) is 99.5 Å². The third kappa shape index (κ3) is 4.61. The molecule has 1 heterocycles. The molecule has 1 N–H and O–H groups in total. The van der Waals surface area contributed by atoms with Crippen molar-refractivity contribution in [1.82, 2.24) is 10.2 Å². The maximum atomic E-state index is 13.2. The van der Waals surface area contributed by atoms with Crippen molar-refractivity contribution in [1.29, 1.82) is 5.26 Å². The molecule has 1 spiro atoms. The summed E-state index contributed by atoms with van der Waals surface area (Å²) in [4.78, 5) is 39.2. The van der Waals surface area contributed by atoms with Crippen LogP contribution in [0.5, 0.6) is 5.75 Å². The number of nitrogens with one attached hydrogen (secondary N) is 1. The second-order valence-electron chi connectivity index (χ2n) is 9.95. The normalized spacial score (nSPS) is 23.8. The van der Waals surface area contributed by atoms with Crippen molar-refractivity contribution < 1.29 is 19.1 Å². The van der Waals surface area contributed by atoms with E-state index >= 15 is 0 Å². The summed E-state index contributed by atoms with van der Waals surface area (Å²) in [6.07, 6.45) is 2.11. The highest BCUT2D eigenvalue weighted by molar-refractivity contribution is 6.08. The number of nitrogens with zero attached hydrogens (tertiary/aromatic N) is 2. The van der Waals surface area contributed by atoms with Gasteiger partial charge >= 0.3 is 12.0 Å². The number of ether oxygens (including phenoxy) is 1. The molecule has 7 heteroatoms. The Kier molecular flexibility index (Phi) is 5.71. The van der Waals surface area contributed by atoms with Crippen molar-refractivity contribution in [2.24, 2.45) is 11.3 Å². The predicted octanol–water partition coefficient (Wildman–Crippen LogP) is 4.27. The molecule has 2 aromatic rings. The predicted molar refractivity (Wildman–Crippen MR) is 122 cm³/mol. The van der Waals surface area contributed by atoms with Crippen LogP contribution < -0.4 is 10.1 Å². The number of nitriles is 1. The highest BCUT2D eigenvalue weighted by atomic mass is 16.5. The van der Waals surface area contributed by atoms with Crippen LogP contribution in [0.4, 0.5) is 4.79 Å². The standard InChI is InChI=1S/C26H27N3O4/c1-17-12-25(2,3)16-26(13-17)23(31)29(24(32)28-26)15-22(30)33-21-10-8-20(9-11-21)19-6-4-18(14-27)5-7-19/h4-11,17H,12-13,15-16H2,1-3H3,(H,28,32)/t17-,26-/m1/s1. The quantitative estimate of drug-likeness (QED) is 0.430. The zero-order chi connectivity index (χ0) is 23.8. The number of rotatable bonds is 4. The highest BCUT2D eigenvalue weighted by Crippen LogP contribution is 2.46. The molecule has 3 amide bonds. The molecule has 1 aliphatic heterocycles. The van der Waals surface area contributed by atoms with Crippen LogP contribution in [0.25, 0.3) is 11.1 Å². The lowest BCUT2D eigenvalue weighted by Gasteiger charge is -2.43. The summed E-state index contributed by atoms with van der Waals surface area (Å²) in [5.74, 6) is -0.406. The molecule has 2 atom stereocenters. The minimum Gasteiger partial charge on any atom is -0.425 e. The summed E-state index contributed by atoms with van der Waals surface area (Å²) >= 11 is 0. The van der Waals surface area contributed by atoms with Gasteiger partial charge in [0.25, 0.3) is 5.91 Å². The Labute approximate surface area is 193 Å². The highest BCUT2D eigenvalue weighted by Gasteiger charge is 2.56. The van der Waals surface area contributed by atoms with Crippen LogP contribution in [0.3, 0.4) is 0 Å². The number of hydrogen-bond donors (Lipinski definition) is 1. The fraction of sp³-hybridized carbons (Fsp3) is 0.385. The van der Waals surface area contributed by atoms with Crippen molar-refractivity contribution in [2.75, 3.05) is 6.54 Å². The van der Waals surface area contributed by atoms with Gasteiger partial charge in [0.1, 0.15) is 17.8 Å². The molecule has 1 saturated heterocycles. The molecule has 2 aromatic carbocycles. The molecule has 0 aromatic heterocycles. The van der Waals surface area contributed by atoms with E-state index in [1.807, 2.05) is 12.1 Å². The number of carbonyl (C=O) groups is 3. The van der Waals surface area contributed by atoms with E-state index < -0.39 is 24.1 Å². The third-order valence-corrected chi connectivity index (χ3v) is 6.34. The van der Waals surface area contributed by atoms with E-state index in [1.165, 1.54) is 0 Å². The average molecular weight is 446 g/mol. The van der Waals surface area contributed by atoms with Gasteiger partial charge < -0.3 is 10.1 Å². The number of esters is 1. The number of benzene rings is 2. The summed E-state index contributed by atoms with van der Waals surface area (Å²) in [5, 5.41) is 11.8. The molecule has 2 fully saturated rings. The van der Waals surface area contributed by atoms with Crippen LogP contribution >= 0.6 is 0 Å². The maximum Gasteiger partial charge on any atom is 0.331 e. The Morgan fingerprint density at radius 3 is 2.27 bits per heavy atom. The van der Waals surface area contributed by atoms with E-state index in [-0.39, 0.29) is 11.3 Å². The van der Waals surface area contributed by atoms with Gasteiger partial charge in [-0.05, 0) is 66.0 Å². The van der Waals surface area contributed by atoms with E-state index in [1.54, 1.807) is 36.4 Å². The van der Waals surface area contributed by atoms with Gasteiger partial charge in [0, 0.05) is 0 Å². The number of carbonyl (C=O) groups excluding carboxylic acids is 3. The van der Waals surface area contributed by atoms with Crippen LogP contribution in [-0.4, -0.2) is 34.9 Å². The minimum absolute atomic E-state index is 0.0756. The molecular weight excluding hydrogens is 418 g/mol. The molecule has 4 rings (SSSR count). The fourth-order valence-electron chi connectivity index (χ4n) is 5.40. The molecule has 1 aliphatic carbocycles. The molecule has 0 bridgehead atoms. The summed E-state index contributed by atoms with van der Waals surface area (Å²) in [6.45, 7) is 5.85. The molecule has 0 unspecified atom stereocenters. The molecule has 170 valence electrons. The van der Waals surface area contributed by atoms with Gasteiger partial charge in [-0.2, -0.15) is 5.26 Å². The Bertz CT molecular complexity index is 1130. The Morgan fingerprint density at radius 2 is 1.70 bits per heavy atom. The first-order valence-corrected chi connectivity index (χ1v) is 11.1. The SMILES string of the molecule is C[C@@H]1CC(C)(C)C[C@@]2(C1)NC(=O)N(CC(=O)Oc1ccc(-c3ccc(C#N)cc3)cc1)C2=O. The summed E-state index contributed by atoms with van der Waals surface area (Å²) in [6, 6.07) is 15.6. The van der Waals surface area contributed by atoms with Gasteiger partial charge in [-0.15, -0.1) is 0 Å². The lowest BCUT2D eigenvalue weighted by atomic mass is 9.64. The number of hydrogen-bond acceptors (Lipinski definition) is 5. The molecule has 1 saturated carbocycles. The lowest BCUT2D eigenvalue weighted by Crippen LogP contribution is -2.54. The summed E-state index contributed by atoms with van der Waals surface area (Å²) in [7, 11) is 0. The van der Waals surface area contributed by atoms with Crippen LogP contribution in [0.15, 0.2) is 48.5 Å². The zero-order valence-electron chi connectivity index (χ0n) is 19.1. The van der Waals surface area contributed by atoms with E-state index in [4.69, 9.17) is 10.00 Å². The van der Waals surface area contributed by atoms with Crippen molar-refractivity contribution in [3.63, 3.8) is 0 Å². The Morgan fingerprint density at radius 1 is 1.09 bits per heavy atom. The molecular formula is C26H27N3O4. The Balaban J connectivity index is 1.41. The fourth-order valence-corrected chi connectivity index (χ4v) is 5.40. The van der Waals surface area contributed by atoms with Gasteiger partial charge in [0.05, 0.1) is 11.6 Å². The van der Waals surface area contributed by atoms with Crippen molar-refractivity contribution in [3.8, 4) is 22.9 Å². The summed E-state index contributed by atoms with van der Waals surface area (Å²) < 4.78 is 5.38. The number of amides is 3. The third-order valence-electron chi connectivity index (χ3n) is 6.34. The van der Waals surface area contributed by atoms with Gasteiger partial charge in [-0.1, -0.05) is 45.0 Å². The average Bonchev–Trinajstić information content (AvgIpc) is 2.96. The van der Waals surface area contributed by atoms with Crippen LogP contribution in [-0.2, 0) is 9.59 Å². The summed E-state index contributed by atoms with van der Waals surface area (Å²) in [5.41, 5.74) is 1.40. The largest absolute Gasteiger partial charge is 0.425 e. The van der Waals surface area contributed by atoms with E-state index in [9.17, 15) is 14.4 Å². The first kappa shape index (κ1) is 22.5. The molecule has 7 nitrogen and oxygen atoms in total. The van der Waals surface area contributed by atoms with Crippen molar-refractivity contribution in [2.45, 2.75) is 45.6 Å². The molecule has 33 heavy (non-hydrogen) atoms. The van der Waals surface area contributed by atoms with E-state index in [0.717, 1.165) is 22.4 Å². The van der Waals surface area contributed by atoms with E-state index in [2.05, 4.69) is 32.2 Å². The molecule has 0 radical (unpaired) electrons. The molecule has 2 aliphatic rings. The lowest BCUT2D eigenvalue weighted by molar-refractivity contribution is -0.142. The van der Waals surface area contributed by atoms with Crippen LogP contribution in [0.2, 0.25) is 0 Å². The van der Waals surface area contributed by atoms with Gasteiger partial charge in [-0.25, -0.2) is 9.59 Å². The number of urea groups is 1. The zero-order valence-corrected chi connectivity index (χ0v) is 19.1. The maximum absolute atomic E-state index is 13.2. The van der Waals surface area contributed by atoms with E-state index in [0.29, 0.717) is 30.1 Å². The van der Waals surface area contributed by atoms with Crippen LogP contribution in [0, 0.1) is 22.7 Å². The van der Waals surface area contributed by atoms with Gasteiger partial charge in [0.15, 0.2) is 0 Å². The smallest absolute Gasteiger partial charge is 0.331 e. The second-order valence-corrected chi connectivity index (χ2v) is 9.95.